The quantitative estimate of drug-likeness (QED) is 0.579. The van der Waals surface area contributed by atoms with Crippen LogP contribution in [0.4, 0.5) is 0 Å². The molecule has 3 atom stereocenters. The first-order chi connectivity index (χ1) is 11.8. The van der Waals surface area contributed by atoms with Crippen LogP contribution in [0, 0.1) is 0 Å². The monoisotopic (exact) mass is 401 g/mol. The summed E-state index contributed by atoms with van der Waals surface area (Å²) in [6.07, 6.45) is 0.0781. The highest BCUT2D eigenvalue weighted by atomic mass is 35.5. The van der Waals surface area contributed by atoms with Gasteiger partial charge >= 0.3 is 0 Å². The van der Waals surface area contributed by atoms with E-state index in [4.69, 9.17) is 28.1 Å². The second-order valence-corrected chi connectivity index (χ2v) is 8.01. The van der Waals surface area contributed by atoms with Gasteiger partial charge in [-0.05, 0) is 42.2 Å². The van der Waals surface area contributed by atoms with E-state index in [9.17, 15) is 9.67 Å². The van der Waals surface area contributed by atoms with Gasteiger partial charge < -0.3 is 15.3 Å². The Hall–Kier alpha value is -0.870. The van der Waals surface area contributed by atoms with Crippen molar-refractivity contribution < 1.29 is 14.6 Å². The zero-order chi connectivity index (χ0) is 18.4. The Bertz CT molecular complexity index is 742. The van der Waals surface area contributed by atoms with Crippen molar-refractivity contribution in [3.8, 4) is 0 Å². The first-order valence-corrected chi connectivity index (χ1v) is 10.3. The fourth-order valence-electron chi connectivity index (χ4n) is 2.60. The molecule has 0 fully saturated rings. The molecule has 0 bridgehead atoms. The van der Waals surface area contributed by atoms with Crippen LogP contribution in [0.2, 0.25) is 10.0 Å². The third-order valence-electron chi connectivity index (χ3n) is 3.92. The van der Waals surface area contributed by atoms with E-state index in [2.05, 4.69) is 5.32 Å². The zero-order valence-electron chi connectivity index (χ0n) is 13.9. The maximum atomic E-state index is 11.0. The van der Waals surface area contributed by atoms with Crippen LogP contribution in [0.3, 0.4) is 0 Å². The summed E-state index contributed by atoms with van der Waals surface area (Å²) in [5.74, 6) is 0. The maximum absolute atomic E-state index is 11.0. The second-order valence-electron chi connectivity index (χ2n) is 6.05. The van der Waals surface area contributed by atoms with Crippen LogP contribution in [-0.4, -0.2) is 22.6 Å². The first kappa shape index (κ1) is 20.4. The lowest BCUT2D eigenvalue weighted by atomic mass is 10.0. The lowest BCUT2D eigenvalue weighted by Crippen LogP contribution is -2.30. The van der Waals surface area contributed by atoms with E-state index in [0.717, 1.165) is 16.7 Å². The van der Waals surface area contributed by atoms with Gasteiger partial charge in [-0.2, -0.15) is 0 Å². The van der Waals surface area contributed by atoms with Gasteiger partial charge in [0.05, 0.1) is 16.1 Å². The minimum atomic E-state index is -2.53. The van der Waals surface area contributed by atoms with Crippen LogP contribution < -0.4 is 5.32 Å². The minimum Gasteiger partial charge on any atom is -0.391 e. The molecule has 1 unspecified atom stereocenters. The van der Waals surface area contributed by atoms with Crippen LogP contribution in [0.15, 0.2) is 42.5 Å². The van der Waals surface area contributed by atoms with Crippen molar-refractivity contribution in [2.24, 2.45) is 0 Å². The van der Waals surface area contributed by atoms with Crippen molar-refractivity contribution in [2.45, 2.75) is 31.7 Å². The average molecular weight is 402 g/mol. The first-order valence-electron chi connectivity index (χ1n) is 8.01. The Morgan fingerprint density at radius 1 is 1.12 bits per heavy atom. The van der Waals surface area contributed by atoms with Gasteiger partial charge in [-0.3, -0.25) is 4.57 Å². The topological polar surface area (TPSA) is 69.6 Å². The van der Waals surface area contributed by atoms with E-state index < -0.39 is 14.1 Å². The number of benzene rings is 2. The van der Waals surface area contributed by atoms with E-state index in [1.54, 1.807) is 6.07 Å². The molecule has 0 amide bonds. The van der Waals surface area contributed by atoms with Gasteiger partial charge in [0.1, 0.15) is 0 Å². The largest absolute Gasteiger partial charge is 0.391 e. The van der Waals surface area contributed by atoms with Gasteiger partial charge in [-0.25, -0.2) is 0 Å². The van der Waals surface area contributed by atoms with Crippen molar-refractivity contribution in [3.63, 3.8) is 0 Å². The molecule has 0 aliphatic rings. The Kier molecular flexibility index (Phi) is 7.95. The Balaban J connectivity index is 1.88. The van der Waals surface area contributed by atoms with Crippen molar-refractivity contribution in [1.29, 1.82) is 0 Å². The Morgan fingerprint density at radius 2 is 1.84 bits per heavy atom. The molecule has 0 heterocycles. The fraction of sp³-hybridized carbons (Fsp3) is 0.333. The number of nitrogens with one attached hydrogen (secondary N) is 1. The van der Waals surface area contributed by atoms with Crippen LogP contribution in [0.1, 0.15) is 29.7 Å². The summed E-state index contributed by atoms with van der Waals surface area (Å²) in [7, 11) is -2.53. The van der Waals surface area contributed by atoms with Crippen molar-refractivity contribution in [3.05, 3.63) is 69.2 Å². The van der Waals surface area contributed by atoms with Gasteiger partial charge in [0.15, 0.2) is 8.03 Å². The molecule has 136 valence electrons. The molecule has 2 aromatic carbocycles. The van der Waals surface area contributed by atoms with E-state index in [0.29, 0.717) is 23.0 Å². The normalized spacial score (nSPS) is 14.9. The molecular formula is C18H22Cl2NO3P. The van der Waals surface area contributed by atoms with Crippen LogP contribution in [0.5, 0.6) is 0 Å². The molecule has 3 N–H and O–H groups in total. The van der Waals surface area contributed by atoms with Gasteiger partial charge in [0, 0.05) is 18.7 Å². The summed E-state index contributed by atoms with van der Waals surface area (Å²) < 4.78 is 11.0. The summed E-state index contributed by atoms with van der Waals surface area (Å²) in [5.41, 5.74) is 2.75. The van der Waals surface area contributed by atoms with E-state index in [1.165, 1.54) is 0 Å². The second kappa shape index (κ2) is 9.72. The number of hydrogen-bond acceptors (Lipinski definition) is 3. The van der Waals surface area contributed by atoms with Crippen LogP contribution >= 0.6 is 31.2 Å². The molecule has 0 saturated heterocycles. The van der Waals surface area contributed by atoms with Gasteiger partial charge in [0.2, 0.25) is 0 Å². The molecule has 7 heteroatoms. The Labute approximate surface area is 158 Å². The summed E-state index contributed by atoms with van der Waals surface area (Å²) in [4.78, 5) is 9.04. The summed E-state index contributed by atoms with van der Waals surface area (Å²) >= 11 is 12.0. The van der Waals surface area contributed by atoms with Gasteiger partial charge in [-0.15, -0.1) is 0 Å². The minimum absolute atomic E-state index is 0.0239. The maximum Gasteiger partial charge on any atom is 0.193 e. The highest BCUT2D eigenvalue weighted by Gasteiger charge is 2.11. The number of halogens is 2. The lowest BCUT2D eigenvalue weighted by Gasteiger charge is -2.18. The lowest BCUT2D eigenvalue weighted by molar-refractivity contribution is 0.168. The molecule has 0 spiro atoms. The molecule has 0 aromatic heterocycles. The molecule has 0 aliphatic carbocycles. The highest BCUT2D eigenvalue weighted by molar-refractivity contribution is 7.37. The van der Waals surface area contributed by atoms with Crippen LogP contribution in [-0.2, 0) is 17.1 Å². The number of aliphatic hydroxyl groups excluding tert-OH is 1. The molecular weight excluding hydrogens is 380 g/mol. The summed E-state index contributed by atoms with van der Waals surface area (Å²) in [6, 6.07) is 12.9. The third kappa shape index (κ3) is 6.74. The van der Waals surface area contributed by atoms with Crippen molar-refractivity contribution >= 4 is 31.2 Å². The van der Waals surface area contributed by atoms with E-state index in [-0.39, 0.29) is 12.2 Å². The van der Waals surface area contributed by atoms with Crippen molar-refractivity contribution in [1.82, 2.24) is 5.32 Å². The summed E-state index contributed by atoms with van der Waals surface area (Å²) in [6.45, 7) is 2.41. The predicted octanol–water partition coefficient (Wildman–Crippen LogP) is 4.21. The Morgan fingerprint density at radius 3 is 2.52 bits per heavy atom. The van der Waals surface area contributed by atoms with E-state index >= 15 is 0 Å². The molecule has 2 aromatic rings. The smallest absolute Gasteiger partial charge is 0.193 e. The highest BCUT2D eigenvalue weighted by Crippen LogP contribution is 2.25. The number of rotatable bonds is 8. The zero-order valence-corrected chi connectivity index (χ0v) is 16.4. The molecule has 2 rings (SSSR count). The third-order valence-corrected chi connectivity index (χ3v) is 5.37. The number of hydrogen-bond donors (Lipinski definition) is 3. The van der Waals surface area contributed by atoms with Crippen LogP contribution in [0.25, 0.3) is 0 Å². The van der Waals surface area contributed by atoms with Crippen molar-refractivity contribution in [2.75, 3.05) is 6.54 Å². The van der Waals surface area contributed by atoms with E-state index in [1.807, 2.05) is 43.3 Å². The standard InChI is InChI=1S/C18H22Cl2NO3P/c1-12(15-5-6-17(19)18(20)9-15)21-10-16(22)8-13-3-2-4-14(7-13)11-25(23)24/h2-7,9,12,16,21-22,25H,8,10-11H2,1H3,(H,23,24)/t12-,16-/m0/s1. The molecule has 4 nitrogen and oxygen atoms in total. The molecule has 0 saturated carbocycles. The van der Waals surface area contributed by atoms with Gasteiger partial charge in [0.25, 0.3) is 0 Å². The summed E-state index contributed by atoms with van der Waals surface area (Å²) in [5, 5.41) is 14.6. The van der Waals surface area contributed by atoms with Gasteiger partial charge in [-0.1, -0.05) is 53.5 Å². The average Bonchev–Trinajstić information content (AvgIpc) is 2.55. The molecule has 0 radical (unpaired) electrons. The molecule has 25 heavy (non-hydrogen) atoms. The molecule has 0 aliphatic heterocycles. The SMILES string of the molecule is C[C@H](NC[C@@H](O)Cc1cccc(C[PH](=O)O)c1)c1ccc(Cl)c(Cl)c1. The number of aliphatic hydroxyl groups is 1. The fourth-order valence-corrected chi connectivity index (χ4v) is 3.47. The predicted molar refractivity (Wildman–Crippen MR) is 104 cm³/mol.